The van der Waals surface area contributed by atoms with Gasteiger partial charge in [-0.25, -0.2) is 0 Å². The van der Waals surface area contributed by atoms with Crippen molar-refractivity contribution in [1.29, 1.82) is 0 Å². The lowest BCUT2D eigenvalue weighted by Gasteiger charge is -2.07. The van der Waals surface area contributed by atoms with E-state index in [1.54, 1.807) is 25.3 Å². The molecule has 0 saturated carbocycles. The van der Waals surface area contributed by atoms with E-state index in [4.69, 9.17) is 19.9 Å². The fourth-order valence-corrected chi connectivity index (χ4v) is 1.47. The number of hydrogen-bond donors (Lipinski definition) is 1. The maximum atomic E-state index is 11.5. The van der Waals surface area contributed by atoms with Crippen molar-refractivity contribution < 1.29 is 19.0 Å². The minimum Gasteiger partial charge on any atom is -0.495 e. The maximum Gasteiger partial charge on any atom is 0.310 e. The van der Waals surface area contributed by atoms with E-state index in [1.807, 2.05) is 6.92 Å². The first-order valence-corrected chi connectivity index (χ1v) is 5.83. The van der Waals surface area contributed by atoms with E-state index in [1.165, 1.54) is 0 Å². The van der Waals surface area contributed by atoms with Crippen molar-refractivity contribution >= 4 is 11.7 Å². The van der Waals surface area contributed by atoms with E-state index in [0.29, 0.717) is 24.7 Å². The molecule has 0 saturated heterocycles. The molecule has 2 N–H and O–H groups in total. The number of esters is 1. The molecule has 0 aliphatic heterocycles. The maximum absolute atomic E-state index is 11.5. The minimum atomic E-state index is -0.292. The van der Waals surface area contributed by atoms with E-state index in [0.717, 1.165) is 5.56 Å². The summed E-state index contributed by atoms with van der Waals surface area (Å²) in [6.45, 7) is 3.21. The standard InChI is InChI=1S/C13H19NO4/c1-3-17-6-7-18-13(15)9-10-4-5-12(16-2)11(14)8-10/h4-5,8H,3,6-7,9,14H2,1-2H3. The van der Waals surface area contributed by atoms with Crippen molar-refractivity contribution in [2.24, 2.45) is 0 Å². The Balaban J connectivity index is 2.42. The molecule has 0 aromatic heterocycles. The van der Waals surface area contributed by atoms with Gasteiger partial charge in [0.2, 0.25) is 0 Å². The van der Waals surface area contributed by atoms with Crippen LogP contribution in [-0.2, 0) is 20.7 Å². The molecule has 100 valence electrons. The van der Waals surface area contributed by atoms with Crippen molar-refractivity contribution in [3.8, 4) is 5.75 Å². The van der Waals surface area contributed by atoms with Crippen LogP contribution in [-0.4, -0.2) is 32.9 Å². The van der Waals surface area contributed by atoms with Crippen molar-refractivity contribution in [2.75, 3.05) is 32.7 Å². The summed E-state index contributed by atoms with van der Waals surface area (Å²) in [7, 11) is 1.55. The number of carbonyl (C=O) groups is 1. The van der Waals surface area contributed by atoms with E-state index in [9.17, 15) is 4.79 Å². The number of nitrogens with two attached hydrogens (primary N) is 1. The monoisotopic (exact) mass is 253 g/mol. The molecule has 0 bridgehead atoms. The third kappa shape index (κ3) is 4.63. The summed E-state index contributed by atoms with van der Waals surface area (Å²) in [5.41, 5.74) is 7.06. The molecule has 1 aromatic rings. The molecule has 1 aromatic carbocycles. The SMILES string of the molecule is CCOCCOC(=O)Cc1ccc(OC)c(N)c1. The number of methoxy groups -OCH3 is 1. The number of nitrogen functional groups attached to an aromatic ring is 1. The molecular formula is C13H19NO4. The van der Waals surface area contributed by atoms with Gasteiger partial charge in [0, 0.05) is 6.61 Å². The number of hydrogen-bond acceptors (Lipinski definition) is 5. The predicted octanol–water partition coefficient (Wildman–Crippen LogP) is 1.40. The Morgan fingerprint density at radius 1 is 1.33 bits per heavy atom. The third-order valence-corrected chi connectivity index (χ3v) is 2.34. The van der Waals surface area contributed by atoms with Gasteiger partial charge in [0.05, 0.1) is 25.8 Å². The predicted molar refractivity (Wildman–Crippen MR) is 68.6 cm³/mol. The highest BCUT2D eigenvalue weighted by Gasteiger charge is 2.07. The smallest absolute Gasteiger partial charge is 0.310 e. The Hall–Kier alpha value is -1.75. The second-order valence-corrected chi connectivity index (χ2v) is 3.67. The van der Waals surface area contributed by atoms with Crippen LogP contribution < -0.4 is 10.5 Å². The zero-order valence-corrected chi connectivity index (χ0v) is 10.8. The van der Waals surface area contributed by atoms with Crippen LogP contribution in [0.2, 0.25) is 0 Å². The molecular weight excluding hydrogens is 234 g/mol. The van der Waals surface area contributed by atoms with Crippen molar-refractivity contribution in [2.45, 2.75) is 13.3 Å². The Bertz CT molecular complexity index is 393. The highest BCUT2D eigenvalue weighted by Crippen LogP contribution is 2.22. The minimum absolute atomic E-state index is 0.195. The van der Waals surface area contributed by atoms with E-state index in [-0.39, 0.29) is 19.0 Å². The molecule has 0 aliphatic carbocycles. The van der Waals surface area contributed by atoms with Crippen molar-refractivity contribution in [3.05, 3.63) is 23.8 Å². The molecule has 0 unspecified atom stereocenters. The number of rotatable bonds is 7. The number of anilines is 1. The van der Waals surface area contributed by atoms with E-state index in [2.05, 4.69) is 0 Å². The summed E-state index contributed by atoms with van der Waals surface area (Å²) < 4.78 is 15.1. The van der Waals surface area contributed by atoms with Crippen LogP contribution in [0.3, 0.4) is 0 Å². The molecule has 5 nitrogen and oxygen atoms in total. The Kier molecular flexibility index (Phi) is 6.00. The van der Waals surface area contributed by atoms with Gasteiger partial charge in [-0.05, 0) is 24.6 Å². The summed E-state index contributed by atoms with van der Waals surface area (Å²) in [6, 6.07) is 5.24. The molecule has 0 amide bonds. The average molecular weight is 253 g/mol. The summed E-state index contributed by atoms with van der Waals surface area (Å²) >= 11 is 0. The second-order valence-electron chi connectivity index (χ2n) is 3.67. The van der Waals surface area contributed by atoms with Gasteiger partial charge in [-0.2, -0.15) is 0 Å². The summed E-state index contributed by atoms with van der Waals surface area (Å²) in [5, 5.41) is 0. The van der Waals surface area contributed by atoms with Gasteiger partial charge in [-0.15, -0.1) is 0 Å². The van der Waals surface area contributed by atoms with Crippen LogP contribution in [0.15, 0.2) is 18.2 Å². The lowest BCUT2D eigenvalue weighted by molar-refractivity contribution is -0.144. The molecule has 1 rings (SSSR count). The molecule has 0 fully saturated rings. The zero-order chi connectivity index (χ0) is 13.4. The van der Waals surface area contributed by atoms with E-state index < -0.39 is 0 Å². The Morgan fingerprint density at radius 3 is 2.72 bits per heavy atom. The third-order valence-electron chi connectivity index (χ3n) is 2.34. The number of ether oxygens (including phenoxy) is 3. The van der Waals surface area contributed by atoms with Gasteiger partial charge in [0.1, 0.15) is 12.4 Å². The van der Waals surface area contributed by atoms with Crippen LogP contribution in [0.1, 0.15) is 12.5 Å². The largest absolute Gasteiger partial charge is 0.495 e. The first kappa shape index (κ1) is 14.3. The first-order chi connectivity index (χ1) is 8.67. The molecule has 0 aliphatic rings. The topological polar surface area (TPSA) is 70.8 Å². The second kappa shape index (κ2) is 7.55. The van der Waals surface area contributed by atoms with Crippen LogP contribution in [0.5, 0.6) is 5.75 Å². The van der Waals surface area contributed by atoms with Crippen LogP contribution in [0, 0.1) is 0 Å². The summed E-state index contributed by atoms with van der Waals surface area (Å²) in [4.78, 5) is 11.5. The Labute approximate surface area is 107 Å². The van der Waals surface area contributed by atoms with Crippen LogP contribution in [0.25, 0.3) is 0 Å². The quantitative estimate of drug-likeness (QED) is 0.452. The van der Waals surface area contributed by atoms with Crippen LogP contribution in [0.4, 0.5) is 5.69 Å². The molecule has 0 radical (unpaired) electrons. The van der Waals surface area contributed by atoms with Gasteiger partial charge in [0.25, 0.3) is 0 Å². The molecule has 0 atom stereocenters. The highest BCUT2D eigenvalue weighted by atomic mass is 16.6. The van der Waals surface area contributed by atoms with Gasteiger partial charge in [-0.1, -0.05) is 6.07 Å². The number of benzene rings is 1. The van der Waals surface area contributed by atoms with Gasteiger partial charge >= 0.3 is 5.97 Å². The fraction of sp³-hybridized carbons (Fsp3) is 0.462. The van der Waals surface area contributed by atoms with Gasteiger partial charge in [0.15, 0.2) is 0 Å². The normalized spacial score (nSPS) is 10.1. The zero-order valence-electron chi connectivity index (χ0n) is 10.8. The Morgan fingerprint density at radius 2 is 2.11 bits per heavy atom. The van der Waals surface area contributed by atoms with E-state index >= 15 is 0 Å². The molecule has 0 heterocycles. The summed E-state index contributed by atoms with van der Waals surface area (Å²) in [5.74, 6) is 0.308. The molecule has 0 spiro atoms. The van der Waals surface area contributed by atoms with Gasteiger partial charge < -0.3 is 19.9 Å². The first-order valence-electron chi connectivity index (χ1n) is 5.83. The fourth-order valence-electron chi connectivity index (χ4n) is 1.47. The van der Waals surface area contributed by atoms with Crippen LogP contribution >= 0.6 is 0 Å². The van der Waals surface area contributed by atoms with Crippen molar-refractivity contribution in [1.82, 2.24) is 0 Å². The summed E-state index contributed by atoms with van der Waals surface area (Å²) in [6.07, 6.45) is 0.195. The number of carbonyl (C=O) groups excluding carboxylic acids is 1. The highest BCUT2D eigenvalue weighted by molar-refractivity contribution is 5.73. The molecule has 18 heavy (non-hydrogen) atoms. The lowest BCUT2D eigenvalue weighted by atomic mass is 10.1. The van der Waals surface area contributed by atoms with Crippen molar-refractivity contribution in [3.63, 3.8) is 0 Å². The van der Waals surface area contributed by atoms with Gasteiger partial charge in [-0.3, -0.25) is 4.79 Å². The molecule has 5 heteroatoms. The lowest BCUT2D eigenvalue weighted by Crippen LogP contribution is -2.12. The average Bonchev–Trinajstić information content (AvgIpc) is 2.35.